The number of fused-ring (bicyclic) bond motifs is 1. The lowest BCUT2D eigenvalue weighted by atomic mass is 10.1. The number of nitrogens with one attached hydrogen (secondary N) is 1. The molecule has 30 heavy (non-hydrogen) atoms. The summed E-state index contributed by atoms with van der Waals surface area (Å²) < 4.78 is 4.50. The second-order valence-corrected chi connectivity index (χ2v) is 7.24. The lowest BCUT2D eigenvalue weighted by molar-refractivity contribution is 0.0600. The number of para-hydroxylation sites is 1. The Kier molecular flexibility index (Phi) is 7.66. The highest BCUT2D eigenvalue weighted by Gasteiger charge is 2.03. The van der Waals surface area contributed by atoms with Crippen molar-refractivity contribution in [2.75, 3.05) is 12.4 Å². The molecule has 1 N–H and O–H groups in total. The van der Waals surface area contributed by atoms with Crippen molar-refractivity contribution in [1.82, 2.24) is 4.98 Å². The molecule has 0 aliphatic carbocycles. The monoisotopic (exact) mass is 438 g/mol. The molecule has 0 saturated heterocycles. The minimum Gasteiger partial charge on any atom is -0.465 e. The van der Waals surface area contributed by atoms with Crippen molar-refractivity contribution in [2.24, 2.45) is 0 Å². The molecule has 0 aliphatic rings. The zero-order chi connectivity index (χ0) is 21.3. The van der Waals surface area contributed by atoms with Gasteiger partial charge in [-0.05, 0) is 48.0 Å². The SMILES string of the molecule is COC(=O)c1ccccc1.Clc1cc(Cl)cc(CNc2cccc3cccnc23)c1. The molecule has 0 radical (unpaired) electrons. The quantitative estimate of drug-likeness (QED) is 0.363. The third kappa shape index (κ3) is 5.96. The van der Waals surface area contributed by atoms with Gasteiger partial charge in [0.25, 0.3) is 0 Å². The number of halogens is 2. The summed E-state index contributed by atoms with van der Waals surface area (Å²) >= 11 is 12.0. The number of benzene rings is 3. The second kappa shape index (κ2) is 10.6. The number of esters is 1. The highest BCUT2D eigenvalue weighted by molar-refractivity contribution is 6.34. The van der Waals surface area contributed by atoms with Crippen LogP contribution in [0.1, 0.15) is 15.9 Å². The first-order valence-electron chi connectivity index (χ1n) is 9.23. The summed E-state index contributed by atoms with van der Waals surface area (Å²) in [6, 6.07) is 24.5. The van der Waals surface area contributed by atoms with Crippen LogP contribution in [0, 0.1) is 0 Å². The molecule has 4 nitrogen and oxygen atoms in total. The predicted octanol–water partition coefficient (Wildman–Crippen LogP) is 6.63. The van der Waals surface area contributed by atoms with Crippen molar-refractivity contribution in [2.45, 2.75) is 6.54 Å². The van der Waals surface area contributed by atoms with Crippen molar-refractivity contribution in [3.8, 4) is 0 Å². The van der Waals surface area contributed by atoms with E-state index in [0.29, 0.717) is 22.2 Å². The zero-order valence-electron chi connectivity index (χ0n) is 16.3. The van der Waals surface area contributed by atoms with E-state index in [1.54, 1.807) is 36.5 Å². The van der Waals surface area contributed by atoms with E-state index < -0.39 is 0 Å². The molecule has 0 spiro atoms. The molecule has 0 aliphatic heterocycles. The Balaban J connectivity index is 0.000000216. The Morgan fingerprint density at radius 2 is 1.63 bits per heavy atom. The second-order valence-electron chi connectivity index (χ2n) is 6.37. The van der Waals surface area contributed by atoms with Crippen molar-refractivity contribution >= 4 is 45.8 Å². The standard InChI is InChI=1S/C16H12Cl2N2.C8H8O2/c17-13-7-11(8-14(18)9-13)10-20-15-5-1-3-12-4-2-6-19-16(12)15;1-10-8(9)7-5-3-2-4-6-7/h1-9,20H,10H2;2-6H,1H3. The van der Waals surface area contributed by atoms with Crippen LogP contribution in [0.3, 0.4) is 0 Å². The number of carbonyl (C=O) groups excluding carboxylic acids is 1. The van der Waals surface area contributed by atoms with E-state index in [2.05, 4.69) is 15.0 Å². The normalized spacial score (nSPS) is 10.1. The van der Waals surface area contributed by atoms with E-state index >= 15 is 0 Å². The van der Waals surface area contributed by atoms with Crippen molar-refractivity contribution in [3.05, 3.63) is 106 Å². The average Bonchev–Trinajstić information content (AvgIpc) is 2.77. The number of rotatable bonds is 4. The van der Waals surface area contributed by atoms with Gasteiger partial charge < -0.3 is 10.1 Å². The molecule has 1 heterocycles. The number of pyridine rings is 1. The summed E-state index contributed by atoms with van der Waals surface area (Å²) in [5, 5.41) is 5.78. The van der Waals surface area contributed by atoms with E-state index in [9.17, 15) is 4.79 Å². The van der Waals surface area contributed by atoms with E-state index in [1.165, 1.54) is 7.11 Å². The highest BCUT2D eigenvalue weighted by Crippen LogP contribution is 2.23. The smallest absolute Gasteiger partial charge is 0.337 e. The number of carbonyl (C=O) groups is 1. The molecule has 6 heteroatoms. The van der Waals surface area contributed by atoms with Crippen LogP contribution in [0.5, 0.6) is 0 Å². The van der Waals surface area contributed by atoms with E-state index in [-0.39, 0.29) is 5.97 Å². The summed E-state index contributed by atoms with van der Waals surface area (Å²) in [4.78, 5) is 15.2. The molecule has 0 saturated carbocycles. The van der Waals surface area contributed by atoms with Crippen LogP contribution in [-0.4, -0.2) is 18.1 Å². The first-order chi connectivity index (χ1) is 14.6. The third-order valence-corrected chi connectivity index (χ3v) is 4.67. The predicted molar refractivity (Wildman–Crippen MR) is 123 cm³/mol. The van der Waals surface area contributed by atoms with Gasteiger partial charge >= 0.3 is 5.97 Å². The van der Waals surface area contributed by atoms with Crippen LogP contribution in [0.4, 0.5) is 5.69 Å². The number of ether oxygens (including phenoxy) is 1. The fourth-order valence-electron chi connectivity index (χ4n) is 2.85. The third-order valence-electron chi connectivity index (χ3n) is 4.23. The van der Waals surface area contributed by atoms with Gasteiger partial charge in [0.15, 0.2) is 0 Å². The van der Waals surface area contributed by atoms with Gasteiger partial charge in [-0.25, -0.2) is 4.79 Å². The van der Waals surface area contributed by atoms with Gasteiger partial charge in [0, 0.05) is 28.2 Å². The summed E-state index contributed by atoms with van der Waals surface area (Å²) in [5.41, 5.74) is 3.59. The lowest BCUT2D eigenvalue weighted by Gasteiger charge is -2.09. The Hall–Kier alpha value is -3.08. The number of nitrogens with zero attached hydrogens (tertiary/aromatic N) is 1. The maximum Gasteiger partial charge on any atom is 0.337 e. The topological polar surface area (TPSA) is 51.2 Å². The van der Waals surface area contributed by atoms with Crippen LogP contribution < -0.4 is 5.32 Å². The molecule has 0 bridgehead atoms. The summed E-state index contributed by atoms with van der Waals surface area (Å²) in [7, 11) is 1.37. The minimum absolute atomic E-state index is 0.291. The van der Waals surface area contributed by atoms with Gasteiger partial charge in [0.2, 0.25) is 0 Å². The molecule has 152 valence electrons. The molecule has 0 fully saturated rings. The Bertz CT molecular complexity index is 1110. The van der Waals surface area contributed by atoms with Crippen LogP contribution in [0.15, 0.2) is 85.1 Å². The van der Waals surface area contributed by atoms with Crippen molar-refractivity contribution in [3.63, 3.8) is 0 Å². The molecule has 1 aromatic heterocycles. The molecule has 3 aromatic carbocycles. The number of anilines is 1. The molecule has 0 unspecified atom stereocenters. The Morgan fingerprint density at radius 3 is 2.33 bits per heavy atom. The summed E-state index contributed by atoms with van der Waals surface area (Å²) in [6.07, 6.45) is 1.80. The fraction of sp³-hybridized carbons (Fsp3) is 0.0833. The van der Waals surface area contributed by atoms with Gasteiger partial charge in [-0.2, -0.15) is 0 Å². The largest absolute Gasteiger partial charge is 0.465 e. The summed E-state index contributed by atoms with van der Waals surface area (Å²) in [5.74, 6) is -0.291. The van der Waals surface area contributed by atoms with E-state index in [4.69, 9.17) is 23.2 Å². The van der Waals surface area contributed by atoms with Gasteiger partial charge in [0.1, 0.15) is 0 Å². The van der Waals surface area contributed by atoms with E-state index in [1.807, 2.05) is 48.5 Å². The zero-order valence-corrected chi connectivity index (χ0v) is 17.8. The van der Waals surface area contributed by atoms with Crippen LogP contribution >= 0.6 is 23.2 Å². The van der Waals surface area contributed by atoms with Gasteiger partial charge in [0.05, 0.1) is 23.9 Å². The molecule has 4 aromatic rings. The lowest BCUT2D eigenvalue weighted by Crippen LogP contribution is -2.00. The number of hydrogen-bond acceptors (Lipinski definition) is 4. The Morgan fingerprint density at radius 1 is 0.933 bits per heavy atom. The van der Waals surface area contributed by atoms with Gasteiger partial charge in [-0.15, -0.1) is 0 Å². The van der Waals surface area contributed by atoms with Gasteiger partial charge in [-0.3, -0.25) is 4.98 Å². The molecular formula is C24H20Cl2N2O2. The van der Waals surface area contributed by atoms with Crippen LogP contribution in [-0.2, 0) is 11.3 Å². The van der Waals surface area contributed by atoms with Crippen LogP contribution in [0.2, 0.25) is 10.0 Å². The first kappa shape index (κ1) is 21.6. The molecule has 4 rings (SSSR count). The molecular weight excluding hydrogens is 419 g/mol. The number of hydrogen-bond donors (Lipinski definition) is 1. The van der Waals surface area contributed by atoms with Crippen LogP contribution in [0.25, 0.3) is 10.9 Å². The first-order valence-corrected chi connectivity index (χ1v) is 9.98. The number of aromatic nitrogens is 1. The van der Waals surface area contributed by atoms with E-state index in [0.717, 1.165) is 22.2 Å². The maximum atomic E-state index is 10.8. The number of methoxy groups -OCH3 is 1. The highest BCUT2D eigenvalue weighted by atomic mass is 35.5. The molecule has 0 amide bonds. The van der Waals surface area contributed by atoms with Crippen molar-refractivity contribution in [1.29, 1.82) is 0 Å². The average molecular weight is 439 g/mol. The van der Waals surface area contributed by atoms with Gasteiger partial charge in [-0.1, -0.05) is 59.6 Å². The maximum absolute atomic E-state index is 10.8. The molecule has 0 atom stereocenters. The minimum atomic E-state index is -0.291. The fourth-order valence-corrected chi connectivity index (χ4v) is 3.42. The Labute approximate surface area is 185 Å². The summed E-state index contributed by atoms with van der Waals surface area (Å²) in [6.45, 7) is 0.649. The van der Waals surface area contributed by atoms with Crippen molar-refractivity contribution < 1.29 is 9.53 Å².